The molecular weight excluding hydrogens is 351 g/mol. The molecule has 0 aliphatic rings. The van der Waals surface area contributed by atoms with Gasteiger partial charge in [0.2, 0.25) is 5.91 Å². The number of hydrogen-bond acceptors (Lipinski definition) is 2. The number of alkyl halides is 3. The molecule has 21 heavy (non-hydrogen) atoms. The van der Waals surface area contributed by atoms with Crippen molar-refractivity contribution in [2.45, 2.75) is 19.1 Å². The van der Waals surface area contributed by atoms with Crippen molar-refractivity contribution in [3.63, 3.8) is 0 Å². The molecule has 0 radical (unpaired) electrons. The van der Waals surface area contributed by atoms with Crippen LogP contribution < -0.4 is 5.32 Å². The summed E-state index contributed by atoms with van der Waals surface area (Å²) in [5.74, 6) is -0.316. The van der Waals surface area contributed by atoms with Crippen LogP contribution in [0.15, 0.2) is 41.1 Å². The lowest BCUT2D eigenvalue weighted by Crippen LogP contribution is -2.18. The first-order chi connectivity index (χ1) is 9.82. The summed E-state index contributed by atoms with van der Waals surface area (Å²) >= 11 is 3.29. The first-order valence-electron chi connectivity index (χ1n) is 5.95. The van der Waals surface area contributed by atoms with Crippen LogP contribution in [0.2, 0.25) is 0 Å². The Morgan fingerprint density at radius 3 is 2.57 bits per heavy atom. The fourth-order valence-electron chi connectivity index (χ4n) is 1.69. The monoisotopic (exact) mass is 361 g/mol. The maximum absolute atomic E-state index is 12.2. The van der Waals surface area contributed by atoms with Gasteiger partial charge in [-0.1, -0.05) is 28.1 Å². The molecule has 0 fully saturated rings. The highest BCUT2D eigenvalue weighted by atomic mass is 79.9. The van der Waals surface area contributed by atoms with E-state index in [0.717, 1.165) is 20.9 Å². The summed E-state index contributed by atoms with van der Waals surface area (Å²) in [7, 11) is 0. The Hall–Kier alpha value is -1.83. The van der Waals surface area contributed by atoms with E-state index in [-0.39, 0.29) is 18.0 Å². The van der Waals surface area contributed by atoms with Crippen molar-refractivity contribution in [3.05, 3.63) is 46.7 Å². The van der Waals surface area contributed by atoms with E-state index in [1.807, 2.05) is 12.1 Å². The van der Waals surface area contributed by atoms with Crippen molar-refractivity contribution < 1.29 is 18.0 Å². The standard InChI is InChI=1S/C13H11BrF3N3O/c14-10-3-1-9(2-4-10)5-12(21)19-11-6-18-20(7-11)8-13(15,16)17/h1-4,6-7H,5,8H2,(H,19,21). The Balaban J connectivity index is 1.92. The maximum Gasteiger partial charge on any atom is 0.408 e. The molecule has 112 valence electrons. The van der Waals surface area contributed by atoms with Gasteiger partial charge >= 0.3 is 6.18 Å². The van der Waals surface area contributed by atoms with Crippen LogP contribution in [0, 0.1) is 0 Å². The van der Waals surface area contributed by atoms with Crippen molar-refractivity contribution in [3.8, 4) is 0 Å². The number of aromatic nitrogens is 2. The topological polar surface area (TPSA) is 46.9 Å². The van der Waals surface area contributed by atoms with Gasteiger partial charge < -0.3 is 5.32 Å². The van der Waals surface area contributed by atoms with Crippen LogP contribution in [0.4, 0.5) is 18.9 Å². The van der Waals surface area contributed by atoms with Gasteiger partial charge in [-0.05, 0) is 17.7 Å². The van der Waals surface area contributed by atoms with Gasteiger partial charge in [-0.25, -0.2) is 0 Å². The fraction of sp³-hybridized carbons (Fsp3) is 0.231. The molecule has 0 spiro atoms. The van der Waals surface area contributed by atoms with E-state index in [9.17, 15) is 18.0 Å². The highest BCUT2D eigenvalue weighted by Crippen LogP contribution is 2.18. The Kier molecular flexibility index (Phi) is 4.66. The van der Waals surface area contributed by atoms with Gasteiger partial charge in [0.05, 0.1) is 18.3 Å². The van der Waals surface area contributed by atoms with Gasteiger partial charge in [0.15, 0.2) is 0 Å². The molecule has 1 heterocycles. The van der Waals surface area contributed by atoms with E-state index in [2.05, 4.69) is 26.3 Å². The lowest BCUT2D eigenvalue weighted by atomic mass is 10.1. The van der Waals surface area contributed by atoms with Crippen molar-refractivity contribution in [1.29, 1.82) is 0 Å². The highest BCUT2D eigenvalue weighted by Gasteiger charge is 2.28. The fourth-order valence-corrected chi connectivity index (χ4v) is 1.96. The minimum atomic E-state index is -4.34. The molecule has 0 aliphatic carbocycles. The number of nitrogens with one attached hydrogen (secondary N) is 1. The molecule has 1 amide bonds. The summed E-state index contributed by atoms with van der Waals surface area (Å²) in [6.07, 6.45) is -1.87. The second kappa shape index (κ2) is 6.30. The predicted molar refractivity (Wildman–Crippen MR) is 74.8 cm³/mol. The van der Waals surface area contributed by atoms with Crippen LogP contribution in [-0.4, -0.2) is 21.9 Å². The third-order valence-electron chi connectivity index (χ3n) is 2.54. The molecular formula is C13H11BrF3N3O. The number of amides is 1. The molecule has 2 rings (SSSR count). The van der Waals surface area contributed by atoms with E-state index in [4.69, 9.17) is 0 Å². The third-order valence-corrected chi connectivity index (χ3v) is 3.06. The quantitative estimate of drug-likeness (QED) is 0.907. The predicted octanol–water partition coefficient (Wildman–Crippen LogP) is 3.39. The molecule has 8 heteroatoms. The smallest absolute Gasteiger partial charge is 0.323 e. The van der Waals surface area contributed by atoms with Gasteiger partial charge in [0.1, 0.15) is 6.54 Å². The Morgan fingerprint density at radius 2 is 1.95 bits per heavy atom. The van der Waals surface area contributed by atoms with Crippen molar-refractivity contribution in [2.75, 3.05) is 5.32 Å². The normalized spacial score (nSPS) is 11.4. The van der Waals surface area contributed by atoms with Gasteiger partial charge in [0.25, 0.3) is 0 Å². The molecule has 1 aromatic heterocycles. The summed E-state index contributed by atoms with van der Waals surface area (Å²) in [6.45, 7) is -1.18. The molecule has 0 saturated carbocycles. The minimum Gasteiger partial charge on any atom is -0.323 e. The molecule has 0 unspecified atom stereocenters. The van der Waals surface area contributed by atoms with E-state index in [1.54, 1.807) is 12.1 Å². The maximum atomic E-state index is 12.2. The largest absolute Gasteiger partial charge is 0.408 e. The lowest BCUT2D eigenvalue weighted by molar-refractivity contribution is -0.142. The van der Waals surface area contributed by atoms with E-state index in [1.165, 1.54) is 6.20 Å². The van der Waals surface area contributed by atoms with Crippen LogP contribution in [-0.2, 0) is 17.8 Å². The molecule has 4 nitrogen and oxygen atoms in total. The average Bonchev–Trinajstić information content (AvgIpc) is 2.77. The summed E-state index contributed by atoms with van der Waals surface area (Å²) in [4.78, 5) is 11.8. The zero-order valence-electron chi connectivity index (χ0n) is 10.7. The third kappa shape index (κ3) is 5.22. The Bertz CT molecular complexity index is 622. The Labute approximate surface area is 127 Å². The summed E-state index contributed by atoms with van der Waals surface area (Å²) in [6, 6.07) is 7.20. The number of carbonyl (C=O) groups excluding carboxylic acids is 1. The zero-order valence-corrected chi connectivity index (χ0v) is 12.3. The number of anilines is 1. The molecule has 0 atom stereocenters. The molecule has 1 aromatic carbocycles. The number of nitrogens with zero attached hydrogens (tertiary/aromatic N) is 2. The number of halogens is 4. The lowest BCUT2D eigenvalue weighted by Gasteiger charge is -2.05. The molecule has 0 aliphatic heterocycles. The van der Waals surface area contributed by atoms with Crippen LogP contribution in [0.1, 0.15) is 5.56 Å². The van der Waals surface area contributed by atoms with E-state index < -0.39 is 12.7 Å². The number of hydrogen-bond donors (Lipinski definition) is 1. The van der Waals surface area contributed by atoms with Gasteiger partial charge in [-0.2, -0.15) is 18.3 Å². The van der Waals surface area contributed by atoms with Gasteiger partial charge in [-0.3, -0.25) is 9.48 Å². The number of rotatable bonds is 4. The van der Waals surface area contributed by atoms with Crippen LogP contribution in [0.25, 0.3) is 0 Å². The van der Waals surface area contributed by atoms with Crippen molar-refractivity contribution in [2.24, 2.45) is 0 Å². The summed E-state index contributed by atoms with van der Waals surface area (Å²) in [5.41, 5.74) is 1.04. The van der Waals surface area contributed by atoms with E-state index >= 15 is 0 Å². The van der Waals surface area contributed by atoms with Crippen molar-refractivity contribution in [1.82, 2.24) is 9.78 Å². The summed E-state index contributed by atoms with van der Waals surface area (Å²) in [5, 5.41) is 6.06. The van der Waals surface area contributed by atoms with Gasteiger partial charge in [0, 0.05) is 10.7 Å². The second-order valence-corrected chi connectivity index (χ2v) is 5.31. The zero-order chi connectivity index (χ0) is 15.5. The SMILES string of the molecule is O=C(Cc1ccc(Br)cc1)Nc1cnn(CC(F)(F)F)c1. The average molecular weight is 362 g/mol. The minimum absolute atomic E-state index is 0.137. The first kappa shape index (κ1) is 15.6. The van der Waals surface area contributed by atoms with Crippen LogP contribution >= 0.6 is 15.9 Å². The van der Waals surface area contributed by atoms with Crippen molar-refractivity contribution >= 4 is 27.5 Å². The molecule has 1 N–H and O–H groups in total. The van der Waals surface area contributed by atoms with E-state index in [0.29, 0.717) is 0 Å². The molecule has 0 saturated heterocycles. The first-order valence-corrected chi connectivity index (χ1v) is 6.75. The Morgan fingerprint density at radius 1 is 1.29 bits per heavy atom. The highest BCUT2D eigenvalue weighted by molar-refractivity contribution is 9.10. The summed E-state index contributed by atoms with van der Waals surface area (Å²) < 4.78 is 38.2. The number of benzene rings is 1. The van der Waals surface area contributed by atoms with Gasteiger partial charge in [-0.15, -0.1) is 0 Å². The second-order valence-electron chi connectivity index (χ2n) is 4.39. The number of carbonyl (C=O) groups is 1. The van der Waals surface area contributed by atoms with Crippen LogP contribution in [0.3, 0.4) is 0 Å². The molecule has 0 bridgehead atoms. The van der Waals surface area contributed by atoms with Crippen LogP contribution in [0.5, 0.6) is 0 Å². The molecule has 2 aromatic rings.